The molecular formula is C14H21BrN2O2. The molecule has 0 unspecified atom stereocenters. The molecule has 1 aromatic carbocycles. The summed E-state index contributed by atoms with van der Waals surface area (Å²) in [6, 6.07) is 7.56. The van der Waals surface area contributed by atoms with Crippen molar-refractivity contribution in [2.75, 3.05) is 44.1 Å². The number of anilines is 1. The quantitative estimate of drug-likeness (QED) is 0.588. The van der Waals surface area contributed by atoms with Gasteiger partial charge in [0.25, 0.3) is 5.91 Å². The third-order valence-electron chi connectivity index (χ3n) is 2.62. The number of hydrogen-bond acceptors (Lipinski definition) is 3. The number of nitrogens with zero attached hydrogens (tertiary/aromatic N) is 1. The molecule has 1 aromatic rings. The SMILES string of the molecule is CN(C)c1ccc(C(=O)NCCCOCCBr)cc1. The predicted molar refractivity (Wildman–Crippen MR) is 82.3 cm³/mol. The van der Waals surface area contributed by atoms with Crippen LogP contribution >= 0.6 is 15.9 Å². The van der Waals surface area contributed by atoms with Crippen molar-refractivity contribution in [3.05, 3.63) is 29.8 Å². The normalized spacial score (nSPS) is 10.3. The smallest absolute Gasteiger partial charge is 0.251 e. The molecule has 1 N–H and O–H groups in total. The van der Waals surface area contributed by atoms with E-state index in [0.29, 0.717) is 25.3 Å². The molecule has 106 valence electrons. The first-order valence-electron chi connectivity index (χ1n) is 6.34. The van der Waals surface area contributed by atoms with Crippen molar-refractivity contribution in [1.29, 1.82) is 0 Å². The second-order valence-corrected chi connectivity index (χ2v) is 5.15. The first kappa shape index (κ1) is 16.0. The fourth-order valence-electron chi connectivity index (χ4n) is 1.55. The maximum atomic E-state index is 11.8. The van der Waals surface area contributed by atoms with Crippen molar-refractivity contribution in [3.8, 4) is 0 Å². The van der Waals surface area contributed by atoms with Gasteiger partial charge in [-0.3, -0.25) is 4.79 Å². The van der Waals surface area contributed by atoms with Crippen molar-refractivity contribution in [3.63, 3.8) is 0 Å². The summed E-state index contributed by atoms with van der Waals surface area (Å²) in [4.78, 5) is 13.8. The number of alkyl halides is 1. The number of ether oxygens (including phenoxy) is 1. The summed E-state index contributed by atoms with van der Waals surface area (Å²) >= 11 is 3.29. The zero-order valence-corrected chi connectivity index (χ0v) is 13.1. The van der Waals surface area contributed by atoms with E-state index in [-0.39, 0.29) is 5.91 Å². The maximum Gasteiger partial charge on any atom is 0.251 e. The largest absolute Gasteiger partial charge is 0.381 e. The van der Waals surface area contributed by atoms with Crippen LogP contribution in [0.3, 0.4) is 0 Å². The summed E-state index contributed by atoms with van der Waals surface area (Å²) in [5.74, 6) is -0.0363. The molecule has 1 amide bonds. The lowest BCUT2D eigenvalue weighted by Gasteiger charge is -2.12. The molecule has 0 spiro atoms. The lowest BCUT2D eigenvalue weighted by molar-refractivity contribution is 0.0944. The lowest BCUT2D eigenvalue weighted by atomic mass is 10.2. The van der Waals surface area contributed by atoms with E-state index >= 15 is 0 Å². The van der Waals surface area contributed by atoms with Gasteiger partial charge in [0.2, 0.25) is 0 Å². The maximum absolute atomic E-state index is 11.8. The number of amides is 1. The fraction of sp³-hybridized carbons (Fsp3) is 0.500. The van der Waals surface area contributed by atoms with Crippen molar-refractivity contribution in [1.82, 2.24) is 5.32 Å². The van der Waals surface area contributed by atoms with Gasteiger partial charge in [-0.15, -0.1) is 0 Å². The highest BCUT2D eigenvalue weighted by Gasteiger charge is 2.04. The average Bonchev–Trinajstić information content (AvgIpc) is 2.42. The second kappa shape index (κ2) is 8.93. The summed E-state index contributed by atoms with van der Waals surface area (Å²) in [7, 11) is 3.95. The summed E-state index contributed by atoms with van der Waals surface area (Å²) < 4.78 is 5.31. The molecule has 0 aliphatic rings. The Morgan fingerprint density at radius 3 is 2.53 bits per heavy atom. The number of benzene rings is 1. The molecule has 0 aliphatic carbocycles. The molecule has 0 fully saturated rings. The van der Waals surface area contributed by atoms with Crippen LogP contribution in [0.2, 0.25) is 0 Å². The number of carbonyl (C=O) groups is 1. The second-order valence-electron chi connectivity index (χ2n) is 4.35. The van der Waals surface area contributed by atoms with E-state index in [4.69, 9.17) is 4.74 Å². The summed E-state index contributed by atoms with van der Waals surface area (Å²) in [6.07, 6.45) is 0.828. The van der Waals surface area contributed by atoms with Gasteiger partial charge in [-0.2, -0.15) is 0 Å². The fourth-order valence-corrected chi connectivity index (χ4v) is 1.77. The van der Waals surface area contributed by atoms with E-state index in [9.17, 15) is 4.79 Å². The van der Waals surface area contributed by atoms with Crippen LogP contribution < -0.4 is 10.2 Å². The Kier molecular flexibility index (Phi) is 7.52. The first-order valence-corrected chi connectivity index (χ1v) is 7.46. The standard InChI is InChI=1S/C14H21BrN2O2/c1-17(2)13-6-4-12(5-7-13)14(18)16-9-3-10-19-11-8-15/h4-7H,3,8-11H2,1-2H3,(H,16,18). The van der Waals surface area contributed by atoms with Gasteiger partial charge >= 0.3 is 0 Å². The Balaban J connectivity index is 2.29. The zero-order valence-electron chi connectivity index (χ0n) is 11.5. The van der Waals surface area contributed by atoms with Crippen molar-refractivity contribution in [2.24, 2.45) is 0 Å². The molecule has 0 atom stereocenters. The molecule has 5 heteroatoms. The molecule has 0 saturated carbocycles. The first-order chi connectivity index (χ1) is 9.15. The lowest BCUT2D eigenvalue weighted by Crippen LogP contribution is -2.25. The van der Waals surface area contributed by atoms with Gasteiger partial charge in [0.1, 0.15) is 0 Å². The Bertz CT molecular complexity index is 380. The highest BCUT2D eigenvalue weighted by atomic mass is 79.9. The third kappa shape index (κ3) is 6.07. The molecule has 0 bridgehead atoms. The number of carbonyl (C=O) groups excluding carboxylic acids is 1. The molecule has 19 heavy (non-hydrogen) atoms. The molecule has 0 radical (unpaired) electrons. The summed E-state index contributed by atoms with van der Waals surface area (Å²) in [6.45, 7) is 2.02. The molecule has 1 rings (SSSR count). The van der Waals surface area contributed by atoms with E-state index < -0.39 is 0 Å². The minimum absolute atomic E-state index is 0.0363. The van der Waals surface area contributed by atoms with Crippen LogP contribution in [-0.4, -0.2) is 45.1 Å². The van der Waals surface area contributed by atoms with E-state index in [1.165, 1.54) is 0 Å². The van der Waals surface area contributed by atoms with E-state index in [0.717, 1.165) is 17.4 Å². The molecule has 0 heterocycles. The van der Waals surface area contributed by atoms with Crippen LogP contribution in [0.1, 0.15) is 16.8 Å². The summed E-state index contributed by atoms with van der Waals surface area (Å²) in [5.41, 5.74) is 1.77. The molecule has 4 nitrogen and oxygen atoms in total. The molecule has 0 aromatic heterocycles. The van der Waals surface area contributed by atoms with Gasteiger partial charge in [0.15, 0.2) is 0 Å². The van der Waals surface area contributed by atoms with Crippen molar-refractivity contribution in [2.45, 2.75) is 6.42 Å². The monoisotopic (exact) mass is 328 g/mol. The van der Waals surface area contributed by atoms with Crippen molar-refractivity contribution >= 4 is 27.5 Å². The minimum atomic E-state index is -0.0363. The van der Waals surface area contributed by atoms with Crippen LogP contribution in [0, 0.1) is 0 Å². The topological polar surface area (TPSA) is 41.6 Å². The minimum Gasteiger partial charge on any atom is -0.381 e. The summed E-state index contributed by atoms with van der Waals surface area (Å²) in [5, 5.41) is 3.73. The van der Waals surface area contributed by atoms with Crippen molar-refractivity contribution < 1.29 is 9.53 Å². The van der Waals surface area contributed by atoms with Gasteiger partial charge in [0, 0.05) is 43.8 Å². The molecule has 0 saturated heterocycles. The van der Waals surface area contributed by atoms with Gasteiger partial charge in [0.05, 0.1) is 6.61 Å². The molecular weight excluding hydrogens is 308 g/mol. The number of hydrogen-bond donors (Lipinski definition) is 1. The highest BCUT2D eigenvalue weighted by molar-refractivity contribution is 9.09. The Morgan fingerprint density at radius 1 is 1.26 bits per heavy atom. The van der Waals surface area contributed by atoms with Crippen LogP contribution in [-0.2, 0) is 4.74 Å². The zero-order chi connectivity index (χ0) is 14.1. The van der Waals surface area contributed by atoms with Crippen LogP contribution in [0.5, 0.6) is 0 Å². The van der Waals surface area contributed by atoms with Gasteiger partial charge in [-0.05, 0) is 30.7 Å². The average molecular weight is 329 g/mol. The molecule has 0 aliphatic heterocycles. The van der Waals surface area contributed by atoms with E-state index in [1.54, 1.807) is 0 Å². The Morgan fingerprint density at radius 2 is 1.95 bits per heavy atom. The Hall–Kier alpha value is -1.07. The van der Waals surface area contributed by atoms with Gasteiger partial charge < -0.3 is 15.0 Å². The number of rotatable bonds is 8. The number of nitrogens with one attached hydrogen (secondary N) is 1. The number of halogens is 1. The Labute approximate surface area is 123 Å². The van der Waals surface area contributed by atoms with Crippen LogP contribution in [0.25, 0.3) is 0 Å². The predicted octanol–water partition coefficient (Wildman–Crippen LogP) is 2.28. The van der Waals surface area contributed by atoms with Gasteiger partial charge in [-0.1, -0.05) is 15.9 Å². The van der Waals surface area contributed by atoms with Gasteiger partial charge in [-0.25, -0.2) is 0 Å². The third-order valence-corrected chi connectivity index (χ3v) is 2.94. The van der Waals surface area contributed by atoms with Crippen LogP contribution in [0.4, 0.5) is 5.69 Å². The highest BCUT2D eigenvalue weighted by Crippen LogP contribution is 2.11. The van der Waals surface area contributed by atoms with E-state index in [2.05, 4.69) is 21.2 Å². The van der Waals surface area contributed by atoms with Crippen LogP contribution in [0.15, 0.2) is 24.3 Å². The van der Waals surface area contributed by atoms with E-state index in [1.807, 2.05) is 43.3 Å².